The lowest BCUT2D eigenvalue weighted by Gasteiger charge is -2.31. The number of fused-ring (bicyclic) bond motifs is 2. The fraction of sp³-hybridized carbons (Fsp3) is 0.800. The summed E-state index contributed by atoms with van der Waals surface area (Å²) in [4.78, 5) is 0. The molecule has 0 aromatic heterocycles. The van der Waals surface area contributed by atoms with Gasteiger partial charge >= 0.3 is 0 Å². The molecule has 0 heterocycles. The SMILES string of the molecule is C=C1[C@@H]2CC[C@@H]([C@H]2O)C1(C)C. The lowest BCUT2D eigenvalue weighted by Crippen LogP contribution is -2.24. The van der Waals surface area contributed by atoms with Crippen LogP contribution < -0.4 is 0 Å². The third-order valence-electron chi connectivity index (χ3n) is 3.82. The molecule has 3 atom stereocenters. The molecule has 2 saturated carbocycles. The molecule has 2 aliphatic rings. The van der Waals surface area contributed by atoms with E-state index >= 15 is 0 Å². The van der Waals surface area contributed by atoms with Crippen LogP contribution >= 0.6 is 0 Å². The Kier molecular flexibility index (Phi) is 1.26. The van der Waals surface area contributed by atoms with Crippen molar-refractivity contribution in [2.45, 2.75) is 32.8 Å². The van der Waals surface area contributed by atoms with Crippen LogP contribution in [0.3, 0.4) is 0 Å². The van der Waals surface area contributed by atoms with Gasteiger partial charge in [-0.1, -0.05) is 26.0 Å². The zero-order valence-corrected chi connectivity index (χ0v) is 7.30. The monoisotopic (exact) mass is 152 g/mol. The van der Waals surface area contributed by atoms with Crippen LogP contribution in [-0.2, 0) is 0 Å². The Morgan fingerprint density at radius 3 is 2.36 bits per heavy atom. The number of hydrogen-bond acceptors (Lipinski definition) is 1. The summed E-state index contributed by atoms with van der Waals surface area (Å²) in [5, 5.41) is 9.77. The Labute approximate surface area is 68.1 Å². The molecule has 11 heavy (non-hydrogen) atoms. The van der Waals surface area contributed by atoms with Crippen molar-refractivity contribution in [2.24, 2.45) is 17.3 Å². The Morgan fingerprint density at radius 1 is 1.45 bits per heavy atom. The first kappa shape index (κ1) is 7.35. The fourth-order valence-electron chi connectivity index (χ4n) is 2.87. The van der Waals surface area contributed by atoms with Crippen LogP contribution in [0.4, 0.5) is 0 Å². The molecule has 0 radical (unpaired) electrons. The van der Waals surface area contributed by atoms with E-state index in [2.05, 4.69) is 20.4 Å². The van der Waals surface area contributed by atoms with Gasteiger partial charge in [0, 0.05) is 5.92 Å². The van der Waals surface area contributed by atoms with Gasteiger partial charge < -0.3 is 5.11 Å². The molecule has 2 rings (SSSR count). The molecule has 62 valence electrons. The molecular weight excluding hydrogens is 136 g/mol. The highest BCUT2D eigenvalue weighted by molar-refractivity contribution is 5.26. The minimum Gasteiger partial charge on any atom is -0.392 e. The normalized spacial score (nSPS) is 46.8. The van der Waals surface area contributed by atoms with E-state index in [0.29, 0.717) is 11.8 Å². The molecule has 0 amide bonds. The Balaban J connectivity index is 2.38. The van der Waals surface area contributed by atoms with Gasteiger partial charge in [0.2, 0.25) is 0 Å². The average Bonchev–Trinajstić information content (AvgIpc) is 2.34. The van der Waals surface area contributed by atoms with Gasteiger partial charge in [-0.3, -0.25) is 0 Å². The first-order valence-corrected chi connectivity index (χ1v) is 4.42. The van der Waals surface area contributed by atoms with E-state index in [-0.39, 0.29) is 11.5 Å². The summed E-state index contributed by atoms with van der Waals surface area (Å²) in [6, 6.07) is 0. The maximum atomic E-state index is 9.77. The van der Waals surface area contributed by atoms with Gasteiger partial charge in [0.25, 0.3) is 0 Å². The van der Waals surface area contributed by atoms with Gasteiger partial charge in [-0.2, -0.15) is 0 Å². The van der Waals surface area contributed by atoms with E-state index in [1.165, 1.54) is 12.0 Å². The highest BCUT2D eigenvalue weighted by Crippen LogP contribution is 2.58. The van der Waals surface area contributed by atoms with Gasteiger partial charge in [0.15, 0.2) is 0 Å². The lowest BCUT2D eigenvalue weighted by molar-refractivity contribution is 0.104. The van der Waals surface area contributed by atoms with Crippen molar-refractivity contribution in [1.82, 2.24) is 0 Å². The molecule has 1 nitrogen and oxygen atoms in total. The molecule has 0 spiro atoms. The van der Waals surface area contributed by atoms with Crippen molar-refractivity contribution in [1.29, 1.82) is 0 Å². The Hall–Kier alpha value is -0.300. The molecule has 0 aliphatic heterocycles. The lowest BCUT2D eigenvalue weighted by atomic mass is 9.73. The highest BCUT2D eigenvalue weighted by Gasteiger charge is 2.54. The van der Waals surface area contributed by atoms with Crippen molar-refractivity contribution < 1.29 is 5.11 Å². The zero-order valence-electron chi connectivity index (χ0n) is 7.30. The summed E-state index contributed by atoms with van der Waals surface area (Å²) in [5.41, 5.74) is 1.48. The topological polar surface area (TPSA) is 20.2 Å². The van der Waals surface area contributed by atoms with Crippen molar-refractivity contribution in [3.05, 3.63) is 12.2 Å². The molecular formula is C10H16O. The highest BCUT2D eigenvalue weighted by atomic mass is 16.3. The second-order valence-electron chi connectivity index (χ2n) is 4.53. The van der Waals surface area contributed by atoms with Crippen molar-refractivity contribution in [2.75, 3.05) is 0 Å². The minimum absolute atomic E-state index is 0.0856. The van der Waals surface area contributed by atoms with Crippen LogP contribution in [0, 0.1) is 17.3 Å². The summed E-state index contributed by atoms with van der Waals surface area (Å²) in [7, 11) is 0. The number of aliphatic hydroxyl groups is 1. The van der Waals surface area contributed by atoms with E-state index < -0.39 is 0 Å². The Bertz CT molecular complexity index is 205. The largest absolute Gasteiger partial charge is 0.392 e. The molecule has 0 aromatic rings. The average molecular weight is 152 g/mol. The first-order chi connectivity index (χ1) is 5.05. The van der Waals surface area contributed by atoms with Crippen LogP contribution in [0.25, 0.3) is 0 Å². The van der Waals surface area contributed by atoms with Gasteiger partial charge in [-0.25, -0.2) is 0 Å². The van der Waals surface area contributed by atoms with Crippen LogP contribution in [-0.4, -0.2) is 11.2 Å². The van der Waals surface area contributed by atoms with Crippen LogP contribution in [0.2, 0.25) is 0 Å². The van der Waals surface area contributed by atoms with Crippen molar-refractivity contribution in [3.8, 4) is 0 Å². The van der Waals surface area contributed by atoms with Crippen molar-refractivity contribution >= 4 is 0 Å². The molecule has 1 N–H and O–H groups in total. The van der Waals surface area contributed by atoms with E-state index in [4.69, 9.17) is 0 Å². The third-order valence-corrected chi connectivity index (χ3v) is 3.82. The second-order valence-corrected chi connectivity index (χ2v) is 4.53. The fourth-order valence-corrected chi connectivity index (χ4v) is 2.87. The standard InChI is InChI=1S/C10H16O/c1-6-7-4-5-8(9(7)11)10(6,2)3/h7-9,11H,1,4-5H2,2-3H3/t7-,8-,9-/m0/s1. The summed E-state index contributed by atoms with van der Waals surface area (Å²) in [5.74, 6) is 0.898. The molecule has 0 aromatic carbocycles. The smallest absolute Gasteiger partial charge is 0.0641 e. The van der Waals surface area contributed by atoms with Gasteiger partial charge in [0.1, 0.15) is 0 Å². The second kappa shape index (κ2) is 1.89. The van der Waals surface area contributed by atoms with Crippen molar-refractivity contribution in [3.63, 3.8) is 0 Å². The third kappa shape index (κ3) is 0.698. The summed E-state index contributed by atoms with van der Waals surface area (Å²) < 4.78 is 0. The molecule has 2 bridgehead atoms. The number of aliphatic hydroxyl groups excluding tert-OH is 1. The Morgan fingerprint density at radius 2 is 2.09 bits per heavy atom. The number of hydrogen-bond donors (Lipinski definition) is 1. The van der Waals surface area contributed by atoms with E-state index in [1.807, 2.05) is 0 Å². The van der Waals surface area contributed by atoms with Gasteiger partial charge in [-0.15, -0.1) is 0 Å². The van der Waals surface area contributed by atoms with Crippen LogP contribution in [0.15, 0.2) is 12.2 Å². The predicted molar refractivity (Wildman–Crippen MR) is 45.1 cm³/mol. The molecule has 2 aliphatic carbocycles. The first-order valence-electron chi connectivity index (χ1n) is 4.42. The molecule has 1 heteroatoms. The maximum absolute atomic E-state index is 9.77. The summed E-state index contributed by atoms with van der Waals surface area (Å²) in [6.07, 6.45) is 2.27. The van der Waals surface area contributed by atoms with Gasteiger partial charge in [0.05, 0.1) is 6.10 Å². The van der Waals surface area contributed by atoms with Gasteiger partial charge in [-0.05, 0) is 24.2 Å². The zero-order chi connectivity index (χ0) is 8.22. The maximum Gasteiger partial charge on any atom is 0.0641 e. The molecule has 2 fully saturated rings. The van der Waals surface area contributed by atoms with E-state index in [9.17, 15) is 5.11 Å². The summed E-state index contributed by atoms with van der Waals surface area (Å²) >= 11 is 0. The summed E-state index contributed by atoms with van der Waals surface area (Å²) in [6.45, 7) is 8.50. The molecule has 0 saturated heterocycles. The minimum atomic E-state index is -0.0856. The number of rotatable bonds is 0. The van der Waals surface area contributed by atoms with E-state index in [1.54, 1.807) is 0 Å². The van der Waals surface area contributed by atoms with Crippen LogP contribution in [0.1, 0.15) is 26.7 Å². The van der Waals surface area contributed by atoms with Crippen LogP contribution in [0.5, 0.6) is 0 Å². The predicted octanol–water partition coefficient (Wildman–Crippen LogP) is 1.97. The molecule has 0 unspecified atom stereocenters. The van der Waals surface area contributed by atoms with E-state index in [0.717, 1.165) is 6.42 Å². The quantitative estimate of drug-likeness (QED) is 0.526.